The number of alkyl halides is 3. The number of hydrogen-bond donors (Lipinski definition) is 2. The highest BCUT2D eigenvalue weighted by Crippen LogP contribution is 2.40. The number of amides is 3. The number of carbonyl (C=O) groups excluding carboxylic acids is 3. The van der Waals surface area contributed by atoms with Gasteiger partial charge in [-0.1, -0.05) is 0 Å². The second-order valence-corrected chi connectivity index (χ2v) is 9.94. The lowest BCUT2D eigenvalue weighted by Crippen LogP contribution is -2.56. The Morgan fingerprint density at radius 1 is 1.09 bits per heavy atom. The van der Waals surface area contributed by atoms with E-state index in [2.05, 4.69) is 5.32 Å². The molecule has 3 atom stereocenters. The van der Waals surface area contributed by atoms with E-state index in [1.807, 2.05) is 4.90 Å². The summed E-state index contributed by atoms with van der Waals surface area (Å²) in [7, 11) is 0. The number of carbonyl (C=O) groups is 3. The normalized spacial score (nSPS) is 29.3. The molecular formula is C24H28F3N3O5. The minimum atomic E-state index is -4.63. The van der Waals surface area contributed by atoms with Crippen LogP contribution < -0.4 is 10.1 Å². The Bertz CT molecular complexity index is 1040. The largest absolute Gasteiger partial charge is 0.489 e. The highest BCUT2D eigenvalue weighted by molar-refractivity contribution is 6.05. The van der Waals surface area contributed by atoms with Crippen LogP contribution in [-0.2, 0) is 16.1 Å². The van der Waals surface area contributed by atoms with Gasteiger partial charge in [-0.25, -0.2) is 0 Å². The van der Waals surface area contributed by atoms with E-state index >= 15 is 0 Å². The van der Waals surface area contributed by atoms with Gasteiger partial charge >= 0.3 is 6.18 Å². The van der Waals surface area contributed by atoms with Crippen LogP contribution in [0, 0.1) is 0 Å². The first-order valence-electron chi connectivity index (χ1n) is 12.0. The number of imide groups is 1. The molecule has 0 radical (unpaired) electrons. The number of benzene rings is 1. The summed E-state index contributed by atoms with van der Waals surface area (Å²) in [5, 5.41) is 12.3. The molecule has 1 unspecified atom stereocenters. The minimum Gasteiger partial charge on any atom is -0.489 e. The van der Waals surface area contributed by atoms with Gasteiger partial charge in [0, 0.05) is 37.7 Å². The highest BCUT2D eigenvalue weighted by Gasteiger charge is 2.55. The van der Waals surface area contributed by atoms with Crippen molar-refractivity contribution >= 4 is 17.7 Å². The molecule has 1 aromatic rings. The fourth-order valence-electron chi connectivity index (χ4n) is 5.77. The zero-order valence-corrected chi connectivity index (χ0v) is 19.1. The van der Waals surface area contributed by atoms with Crippen molar-refractivity contribution in [3.63, 3.8) is 0 Å². The van der Waals surface area contributed by atoms with Crippen LogP contribution in [0.1, 0.15) is 60.9 Å². The molecule has 8 nitrogen and oxygen atoms in total. The number of nitrogens with zero attached hydrogens (tertiary/aromatic N) is 2. The summed E-state index contributed by atoms with van der Waals surface area (Å²) < 4.78 is 45.7. The molecule has 0 spiro atoms. The van der Waals surface area contributed by atoms with Gasteiger partial charge in [-0.2, -0.15) is 13.2 Å². The zero-order chi connectivity index (χ0) is 25.0. The molecule has 1 aliphatic carbocycles. The number of hydrogen-bond acceptors (Lipinski definition) is 6. The third-order valence-corrected chi connectivity index (χ3v) is 7.82. The Hall–Kier alpha value is -2.66. The van der Waals surface area contributed by atoms with Crippen LogP contribution in [0.3, 0.4) is 0 Å². The molecule has 3 heterocycles. The maximum absolute atomic E-state index is 13.2. The topological polar surface area (TPSA) is 99.2 Å². The predicted octanol–water partition coefficient (Wildman–Crippen LogP) is 2.14. The first-order valence-corrected chi connectivity index (χ1v) is 12.0. The molecule has 2 saturated heterocycles. The van der Waals surface area contributed by atoms with Crippen LogP contribution in [0.25, 0.3) is 0 Å². The van der Waals surface area contributed by atoms with Gasteiger partial charge in [-0.05, 0) is 62.3 Å². The van der Waals surface area contributed by atoms with Crippen molar-refractivity contribution in [1.82, 2.24) is 15.1 Å². The van der Waals surface area contributed by atoms with E-state index in [1.54, 1.807) is 18.2 Å². The molecule has 35 heavy (non-hydrogen) atoms. The van der Waals surface area contributed by atoms with E-state index < -0.39 is 23.7 Å². The molecule has 1 aromatic carbocycles. The van der Waals surface area contributed by atoms with Gasteiger partial charge in [-0.3, -0.25) is 24.6 Å². The van der Waals surface area contributed by atoms with Crippen molar-refractivity contribution < 1.29 is 37.4 Å². The Balaban J connectivity index is 1.24. The molecule has 3 amide bonds. The number of likely N-dealkylation sites (tertiary alicyclic amines) is 1. The minimum absolute atomic E-state index is 0.0392. The van der Waals surface area contributed by atoms with E-state index in [4.69, 9.17) is 4.74 Å². The Kier molecular flexibility index (Phi) is 6.03. The van der Waals surface area contributed by atoms with Crippen LogP contribution in [0.5, 0.6) is 5.75 Å². The summed E-state index contributed by atoms with van der Waals surface area (Å²) in [5.74, 6) is -0.492. The van der Waals surface area contributed by atoms with Gasteiger partial charge in [-0.15, -0.1) is 0 Å². The van der Waals surface area contributed by atoms with Crippen molar-refractivity contribution in [2.45, 2.75) is 81.5 Å². The molecule has 0 bridgehead atoms. The first-order chi connectivity index (χ1) is 16.6. The fraction of sp³-hybridized carbons (Fsp3) is 0.625. The molecular weight excluding hydrogens is 467 g/mol. The van der Waals surface area contributed by atoms with Gasteiger partial charge in [0.1, 0.15) is 17.9 Å². The summed E-state index contributed by atoms with van der Waals surface area (Å²) in [6, 6.07) is 4.44. The quantitative estimate of drug-likeness (QED) is 0.621. The number of rotatable bonds is 4. The lowest BCUT2D eigenvalue weighted by molar-refractivity contribution is -0.274. The summed E-state index contributed by atoms with van der Waals surface area (Å²) in [5.41, 5.74) is -1.40. The van der Waals surface area contributed by atoms with Crippen LogP contribution in [-0.4, -0.2) is 75.7 Å². The SMILES string of the molecule is O=C1CCC(N2Cc3cc(O[C@@H]4CCC[C@@H]4N4CCC(O)(C(F)(F)F)CC4)ccc3C2=O)C(=O)N1. The molecule has 4 aliphatic rings. The monoisotopic (exact) mass is 495 g/mol. The van der Waals surface area contributed by atoms with Crippen molar-refractivity contribution in [1.29, 1.82) is 0 Å². The fourth-order valence-corrected chi connectivity index (χ4v) is 5.77. The maximum atomic E-state index is 13.2. The van der Waals surface area contributed by atoms with Crippen molar-refractivity contribution in [3.8, 4) is 5.75 Å². The Morgan fingerprint density at radius 3 is 2.51 bits per heavy atom. The van der Waals surface area contributed by atoms with E-state index in [-0.39, 0.29) is 69.3 Å². The van der Waals surface area contributed by atoms with E-state index in [0.29, 0.717) is 11.3 Å². The average Bonchev–Trinajstić information content (AvgIpc) is 3.38. The smallest absolute Gasteiger partial charge is 0.417 e. The van der Waals surface area contributed by atoms with Crippen LogP contribution in [0.2, 0.25) is 0 Å². The van der Waals surface area contributed by atoms with Crippen molar-refractivity contribution in [3.05, 3.63) is 29.3 Å². The molecule has 190 valence electrons. The third-order valence-electron chi connectivity index (χ3n) is 7.82. The second-order valence-electron chi connectivity index (χ2n) is 9.94. The third kappa shape index (κ3) is 4.40. The summed E-state index contributed by atoms with van der Waals surface area (Å²) in [6.07, 6.45) is -2.59. The molecule has 1 saturated carbocycles. The number of aliphatic hydroxyl groups is 1. The van der Waals surface area contributed by atoms with Crippen LogP contribution in [0.15, 0.2) is 18.2 Å². The van der Waals surface area contributed by atoms with Crippen LogP contribution in [0.4, 0.5) is 13.2 Å². The van der Waals surface area contributed by atoms with Gasteiger partial charge in [0.15, 0.2) is 5.60 Å². The maximum Gasteiger partial charge on any atom is 0.417 e. The van der Waals surface area contributed by atoms with E-state index in [9.17, 15) is 32.7 Å². The van der Waals surface area contributed by atoms with E-state index in [1.165, 1.54) is 4.90 Å². The van der Waals surface area contributed by atoms with E-state index in [0.717, 1.165) is 24.8 Å². The molecule has 11 heteroatoms. The lowest BCUT2D eigenvalue weighted by atomic mass is 9.89. The van der Waals surface area contributed by atoms with Gasteiger partial charge < -0.3 is 14.7 Å². The summed E-state index contributed by atoms with van der Waals surface area (Å²) in [6.45, 7) is 0.550. The van der Waals surface area contributed by atoms with Gasteiger partial charge in [0.05, 0.1) is 0 Å². The Labute approximate surface area is 200 Å². The van der Waals surface area contributed by atoms with Crippen molar-refractivity contribution in [2.24, 2.45) is 0 Å². The number of piperidine rings is 2. The number of ether oxygens (including phenoxy) is 1. The van der Waals surface area contributed by atoms with Gasteiger partial charge in [0.25, 0.3) is 5.91 Å². The number of halogens is 3. The molecule has 2 N–H and O–H groups in total. The standard InChI is InChI=1S/C24H28F3N3O5/c25-24(26,27)23(34)8-10-29(11-9-23)17-2-1-3-19(17)35-15-4-5-16-14(12-15)13-30(22(16)33)18-6-7-20(31)28-21(18)32/h4-5,12,17-19,34H,1-3,6-11,13H2,(H,28,31,32)/t17-,18?,19+/m0/s1. The Morgan fingerprint density at radius 2 is 1.83 bits per heavy atom. The van der Waals surface area contributed by atoms with Crippen LogP contribution >= 0.6 is 0 Å². The number of nitrogens with one attached hydrogen (secondary N) is 1. The van der Waals surface area contributed by atoms with Crippen molar-refractivity contribution in [2.75, 3.05) is 13.1 Å². The molecule has 3 fully saturated rings. The first kappa shape index (κ1) is 24.1. The second kappa shape index (κ2) is 8.77. The predicted molar refractivity (Wildman–Crippen MR) is 116 cm³/mol. The molecule has 3 aliphatic heterocycles. The molecule has 5 rings (SSSR count). The zero-order valence-electron chi connectivity index (χ0n) is 19.1. The highest BCUT2D eigenvalue weighted by atomic mass is 19.4. The summed E-state index contributed by atoms with van der Waals surface area (Å²) in [4.78, 5) is 40.0. The average molecular weight is 495 g/mol. The van der Waals surface area contributed by atoms with Gasteiger partial charge in [0.2, 0.25) is 11.8 Å². The summed E-state index contributed by atoms with van der Waals surface area (Å²) >= 11 is 0. The molecule has 0 aromatic heterocycles. The lowest BCUT2D eigenvalue weighted by Gasteiger charge is -2.42. The number of fused-ring (bicyclic) bond motifs is 1.